The summed E-state index contributed by atoms with van der Waals surface area (Å²) in [6, 6.07) is 13.8. The van der Waals surface area contributed by atoms with Gasteiger partial charge in [0.15, 0.2) is 5.71 Å². The molecular formula is C14H12N2O3. The number of carboxylic acids is 1. The van der Waals surface area contributed by atoms with Crippen LogP contribution in [0.4, 0.5) is 5.69 Å². The highest BCUT2D eigenvalue weighted by Gasteiger charge is 2.18. The van der Waals surface area contributed by atoms with Crippen molar-refractivity contribution in [3.63, 3.8) is 0 Å². The molecule has 0 bridgehead atoms. The lowest BCUT2D eigenvalue weighted by Crippen LogP contribution is -2.15. The van der Waals surface area contributed by atoms with Crippen molar-refractivity contribution in [2.45, 2.75) is 0 Å². The maximum atomic E-state index is 11.1. The molecule has 19 heavy (non-hydrogen) atoms. The quantitative estimate of drug-likeness (QED) is 0.339. The molecule has 0 aromatic heterocycles. The van der Waals surface area contributed by atoms with Gasteiger partial charge in [0.2, 0.25) is 0 Å². The van der Waals surface area contributed by atoms with E-state index < -0.39 is 11.7 Å². The van der Waals surface area contributed by atoms with Crippen LogP contribution in [-0.2, 0) is 4.79 Å². The Morgan fingerprint density at radius 3 is 2.16 bits per heavy atom. The number of nitrogens with two attached hydrogens (primary N) is 1. The number of carboxylic acid groups (broad SMARTS) is 1. The van der Waals surface area contributed by atoms with Crippen LogP contribution in [0.5, 0.6) is 0 Å². The van der Waals surface area contributed by atoms with Gasteiger partial charge in [0.25, 0.3) is 0 Å². The van der Waals surface area contributed by atoms with Gasteiger partial charge in [0.05, 0.1) is 0 Å². The lowest BCUT2D eigenvalue weighted by atomic mass is 9.95. The Morgan fingerprint density at radius 1 is 1.00 bits per heavy atom. The monoisotopic (exact) mass is 256 g/mol. The summed E-state index contributed by atoms with van der Waals surface area (Å²) in [4.78, 5) is 11.1. The topological polar surface area (TPSA) is 95.9 Å². The van der Waals surface area contributed by atoms with Crippen LogP contribution >= 0.6 is 0 Å². The molecule has 0 saturated carbocycles. The first kappa shape index (κ1) is 12.6. The van der Waals surface area contributed by atoms with Gasteiger partial charge in [-0.05, 0) is 11.6 Å². The maximum absolute atomic E-state index is 11.1. The van der Waals surface area contributed by atoms with Crippen LogP contribution in [0.2, 0.25) is 0 Å². The van der Waals surface area contributed by atoms with Crippen molar-refractivity contribution in [3.05, 3.63) is 54.1 Å². The van der Waals surface area contributed by atoms with E-state index in [0.717, 1.165) is 0 Å². The predicted octanol–water partition coefficient (Wildman–Crippen LogP) is 2.20. The molecule has 2 aromatic rings. The summed E-state index contributed by atoms with van der Waals surface area (Å²) in [7, 11) is 0. The van der Waals surface area contributed by atoms with Gasteiger partial charge >= 0.3 is 5.97 Å². The third kappa shape index (κ3) is 2.40. The Kier molecular flexibility index (Phi) is 3.47. The van der Waals surface area contributed by atoms with Gasteiger partial charge < -0.3 is 16.0 Å². The first-order valence-corrected chi connectivity index (χ1v) is 5.54. The molecular weight excluding hydrogens is 244 g/mol. The molecule has 2 rings (SSSR count). The summed E-state index contributed by atoms with van der Waals surface area (Å²) in [6.07, 6.45) is 0. The highest BCUT2D eigenvalue weighted by molar-refractivity contribution is 6.43. The van der Waals surface area contributed by atoms with Crippen LogP contribution in [0, 0.1) is 0 Å². The van der Waals surface area contributed by atoms with Crippen LogP contribution in [0.3, 0.4) is 0 Å². The second-order valence-electron chi connectivity index (χ2n) is 3.89. The van der Waals surface area contributed by atoms with Gasteiger partial charge in [0, 0.05) is 16.8 Å². The van der Waals surface area contributed by atoms with Crippen molar-refractivity contribution in [3.8, 4) is 11.1 Å². The van der Waals surface area contributed by atoms with Gasteiger partial charge in [-0.1, -0.05) is 47.6 Å². The number of anilines is 1. The summed E-state index contributed by atoms with van der Waals surface area (Å²) in [5, 5.41) is 20.8. The minimum absolute atomic E-state index is 0.315. The van der Waals surface area contributed by atoms with Crippen LogP contribution in [0.25, 0.3) is 11.1 Å². The molecule has 0 saturated heterocycles. The molecule has 0 amide bonds. The van der Waals surface area contributed by atoms with Crippen molar-refractivity contribution in [1.82, 2.24) is 0 Å². The Balaban J connectivity index is 2.67. The molecule has 5 heteroatoms. The summed E-state index contributed by atoms with van der Waals surface area (Å²) in [5.41, 5.74) is 7.61. The van der Waals surface area contributed by atoms with Gasteiger partial charge in [-0.15, -0.1) is 0 Å². The third-order valence-corrected chi connectivity index (χ3v) is 2.74. The fraction of sp³-hybridized carbons (Fsp3) is 0. The third-order valence-electron chi connectivity index (χ3n) is 2.74. The average molecular weight is 256 g/mol. The largest absolute Gasteiger partial charge is 0.476 e. The molecule has 0 aliphatic heterocycles. The molecule has 0 heterocycles. The Hall–Kier alpha value is -2.82. The lowest BCUT2D eigenvalue weighted by molar-refractivity contribution is -0.129. The molecule has 0 aliphatic rings. The van der Waals surface area contributed by atoms with E-state index in [2.05, 4.69) is 5.16 Å². The fourth-order valence-corrected chi connectivity index (χ4v) is 1.88. The second kappa shape index (κ2) is 5.22. The SMILES string of the molecule is Nc1ccccc1-c1ccccc1C(=NO)C(=O)O. The zero-order valence-electron chi connectivity index (χ0n) is 9.95. The Morgan fingerprint density at radius 2 is 1.58 bits per heavy atom. The number of carbonyl (C=O) groups is 1. The summed E-state index contributed by atoms with van der Waals surface area (Å²) in [6.45, 7) is 0. The van der Waals surface area contributed by atoms with E-state index in [1.54, 1.807) is 48.5 Å². The molecule has 0 aliphatic carbocycles. The maximum Gasteiger partial charge on any atom is 0.358 e. The van der Waals surface area contributed by atoms with Gasteiger partial charge in [-0.3, -0.25) is 0 Å². The van der Waals surface area contributed by atoms with E-state index in [-0.39, 0.29) is 0 Å². The number of hydrogen-bond donors (Lipinski definition) is 3. The van der Waals surface area contributed by atoms with E-state index in [1.165, 1.54) is 0 Å². The molecule has 5 nitrogen and oxygen atoms in total. The van der Waals surface area contributed by atoms with Crippen LogP contribution in [0.1, 0.15) is 5.56 Å². The molecule has 4 N–H and O–H groups in total. The molecule has 0 atom stereocenters. The van der Waals surface area contributed by atoms with Crippen LogP contribution in [0.15, 0.2) is 53.7 Å². The second-order valence-corrected chi connectivity index (χ2v) is 3.89. The van der Waals surface area contributed by atoms with Crippen molar-refractivity contribution in [1.29, 1.82) is 0 Å². The molecule has 96 valence electrons. The van der Waals surface area contributed by atoms with E-state index in [4.69, 9.17) is 16.0 Å². The number of benzene rings is 2. The minimum atomic E-state index is -1.30. The zero-order chi connectivity index (χ0) is 13.8. The number of aliphatic carboxylic acids is 1. The summed E-state index contributed by atoms with van der Waals surface area (Å²) < 4.78 is 0. The van der Waals surface area contributed by atoms with Gasteiger partial charge in [0.1, 0.15) is 0 Å². The minimum Gasteiger partial charge on any atom is -0.476 e. The first-order valence-electron chi connectivity index (χ1n) is 5.54. The molecule has 0 radical (unpaired) electrons. The molecule has 0 fully saturated rings. The van der Waals surface area contributed by atoms with E-state index >= 15 is 0 Å². The number of nitrogens with zero attached hydrogens (tertiary/aromatic N) is 1. The fourth-order valence-electron chi connectivity index (χ4n) is 1.88. The molecule has 2 aromatic carbocycles. The number of oxime groups is 1. The van der Waals surface area contributed by atoms with Crippen molar-refractivity contribution < 1.29 is 15.1 Å². The number of nitrogen functional groups attached to an aromatic ring is 1. The average Bonchev–Trinajstić information content (AvgIpc) is 2.40. The highest BCUT2D eigenvalue weighted by Crippen LogP contribution is 2.29. The normalized spacial score (nSPS) is 11.3. The predicted molar refractivity (Wildman–Crippen MR) is 72.2 cm³/mol. The van der Waals surface area contributed by atoms with Crippen LogP contribution < -0.4 is 5.73 Å². The smallest absolute Gasteiger partial charge is 0.358 e. The van der Waals surface area contributed by atoms with Crippen LogP contribution in [-0.4, -0.2) is 22.0 Å². The lowest BCUT2D eigenvalue weighted by Gasteiger charge is -2.10. The summed E-state index contributed by atoms with van der Waals surface area (Å²) >= 11 is 0. The number of hydrogen-bond acceptors (Lipinski definition) is 4. The Labute approximate surface area is 109 Å². The molecule has 0 spiro atoms. The standard InChI is InChI=1S/C14H12N2O3/c15-12-8-4-3-6-10(12)9-5-1-2-7-11(9)13(16-19)14(17)18/h1-8,19H,15H2,(H,17,18). The number of para-hydroxylation sites is 1. The van der Waals surface area contributed by atoms with E-state index in [1.807, 2.05) is 0 Å². The van der Waals surface area contributed by atoms with Gasteiger partial charge in [-0.25, -0.2) is 4.79 Å². The Bertz CT molecular complexity index is 651. The highest BCUT2D eigenvalue weighted by atomic mass is 16.4. The number of rotatable bonds is 3. The van der Waals surface area contributed by atoms with E-state index in [9.17, 15) is 4.79 Å². The van der Waals surface area contributed by atoms with Gasteiger partial charge in [-0.2, -0.15) is 0 Å². The van der Waals surface area contributed by atoms with E-state index in [0.29, 0.717) is 22.4 Å². The van der Waals surface area contributed by atoms with Crippen molar-refractivity contribution in [2.75, 3.05) is 5.73 Å². The summed E-state index contributed by atoms with van der Waals surface area (Å²) in [5.74, 6) is -1.30. The molecule has 0 unspecified atom stereocenters. The zero-order valence-corrected chi connectivity index (χ0v) is 9.95. The van der Waals surface area contributed by atoms with Crippen molar-refractivity contribution in [2.24, 2.45) is 5.16 Å². The van der Waals surface area contributed by atoms with Crippen molar-refractivity contribution >= 4 is 17.4 Å². The first-order chi connectivity index (χ1) is 9.15.